The maximum atomic E-state index is 13.2. The van der Waals surface area contributed by atoms with Crippen molar-refractivity contribution in [2.24, 2.45) is 0 Å². The first-order valence-corrected chi connectivity index (χ1v) is 4.78. The van der Waals surface area contributed by atoms with Crippen molar-refractivity contribution in [1.29, 1.82) is 0 Å². The van der Waals surface area contributed by atoms with Gasteiger partial charge in [-0.3, -0.25) is 4.79 Å². The van der Waals surface area contributed by atoms with E-state index in [1.54, 1.807) is 13.8 Å². The number of allylic oxidation sites excluding steroid dienone is 2. The lowest BCUT2D eigenvalue weighted by atomic mass is 10.0. The number of rotatable bonds is 2. The van der Waals surface area contributed by atoms with Crippen molar-refractivity contribution in [2.75, 3.05) is 0 Å². The van der Waals surface area contributed by atoms with Gasteiger partial charge < -0.3 is 0 Å². The van der Waals surface area contributed by atoms with Gasteiger partial charge in [-0.05, 0) is 38.1 Å². The second kappa shape index (κ2) is 4.69. The number of ketones is 1. The summed E-state index contributed by atoms with van der Waals surface area (Å²) in [6, 6.07) is 1.78. The first-order chi connectivity index (χ1) is 7.71. The molecule has 0 atom stereocenters. The first-order valence-electron chi connectivity index (χ1n) is 4.78. The fraction of sp³-hybridized carbons (Fsp3) is 0.250. The molecule has 0 saturated heterocycles. The van der Waals surface area contributed by atoms with Crippen molar-refractivity contribution in [1.82, 2.24) is 0 Å². The summed E-state index contributed by atoms with van der Waals surface area (Å²) in [7, 11) is 0. The van der Waals surface area contributed by atoms with Gasteiger partial charge in [0.15, 0.2) is 5.78 Å². The van der Waals surface area contributed by atoms with E-state index in [1.807, 2.05) is 0 Å². The fourth-order valence-electron chi connectivity index (χ4n) is 1.23. The molecule has 0 aliphatic rings. The summed E-state index contributed by atoms with van der Waals surface area (Å²) in [4.78, 5) is 11.5. The van der Waals surface area contributed by atoms with E-state index in [2.05, 4.69) is 0 Å². The Bertz CT molecular complexity index is 468. The summed E-state index contributed by atoms with van der Waals surface area (Å²) in [6.45, 7) is 3.20. The first kappa shape index (κ1) is 13.4. The van der Waals surface area contributed by atoms with Crippen molar-refractivity contribution in [3.63, 3.8) is 0 Å². The Kier molecular flexibility index (Phi) is 3.70. The molecule has 0 unspecified atom stereocenters. The van der Waals surface area contributed by atoms with Gasteiger partial charge in [-0.15, -0.1) is 0 Å². The zero-order chi connectivity index (χ0) is 13.2. The third-order valence-electron chi connectivity index (χ3n) is 1.98. The largest absolute Gasteiger partial charge is 0.416 e. The van der Waals surface area contributed by atoms with Crippen molar-refractivity contribution < 1.29 is 22.4 Å². The lowest BCUT2D eigenvalue weighted by molar-refractivity contribution is -0.137. The average molecular weight is 246 g/mol. The molecule has 0 spiro atoms. The van der Waals surface area contributed by atoms with E-state index in [4.69, 9.17) is 0 Å². The maximum absolute atomic E-state index is 13.2. The predicted octanol–water partition coefficient (Wildman–Crippen LogP) is 3.99. The van der Waals surface area contributed by atoms with Crippen LogP contribution in [0.3, 0.4) is 0 Å². The van der Waals surface area contributed by atoms with Gasteiger partial charge in [0.25, 0.3) is 0 Å². The van der Waals surface area contributed by atoms with Crippen LogP contribution in [0.5, 0.6) is 0 Å². The summed E-state index contributed by atoms with van der Waals surface area (Å²) >= 11 is 0. The summed E-state index contributed by atoms with van der Waals surface area (Å²) in [5.41, 5.74) is -1.02. The number of benzene rings is 1. The van der Waals surface area contributed by atoms with E-state index in [1.165, 1.54) is 0 Å². The molecule has 1 aromatic carbocycles. The van der Waals surface area contributed by atoms with Crippen LogP contribution in [0.2, 0.25) is 0 Å². The highest BCUT2D eigenvalue weighted by molar-refractivity contribution is 6.05. The van der Waals surface area contributed by atoms with E-state index in [9.17, 15) is 22.4 Å². The lowest BCUT2D eigenvalue weighted by Gasteiger charge is -2.08. The Hall–Kier alpha value is -1.65. The maximum Gasteiger partial charge on any atom is 0.416 e. The molecule has 0 fully saturated rings. The molecule has 0 aromatic heterocycles. The highest BCUT2D eigenvalue weighted by atomic mass is 19.4. The minimum absolute atomic E-state index is 0.525. The van der Waals surface area contributed by atoms with Crippen molar-refractivity contribution in [3.8, 4) is 0 Å². The van der Waals surface area contributed by atoms with Crippen LogP contribution in [0.15, 0.2) is 29.8 Å². The fourth-order valence-corrected chi connectivity index (χ4v) is 1.23. The molecule has 1 aromatic rings. The summed E-state index contributed by atoms with van der Waals surface area (Å²) in [6.07, 6.45) is -3.49. The average Bonchev–Trinajstić information content (AvgIpc) is 2.15. The van der Waals surface area contributed by atoms with Crippen LogP contribution in [0.4, 0.5) is 17.6 Å². The van der Waals surface area contributed by atoms with Gasteiger partial charge in [-0.2, -0.15) is 13.2 Å². The molecule has 5 heteroatoms. The van der Waals surface area contributed by atoms with Gasteiger partial charge in [0.1, 0.15) is 5.82 Å². The SMILES string of the molecule is CC(C)=CC(=O)c1cc(C(F)(F)F)ccc1F. The van der Waals surface area contributed by atoms with E-state index >= 15 is 0 Å². The topological polar surface area (TPSA) is 17.1 Å². The summed E-state index contributed by atoms with van der Waals surface area (Å²) < 4.78 is 50.4. The Balaban J connectivity index is 3.25. The van der Waals surface area contributed by atoms with Crippen molar-refractivity contribution >= 4 is 5.78 Å². The normalized spacial score (nSPS) is 11.2. The molecular formula is C12H10F4O. The number of alkyl halides is 3. The van der Waals surface area contributed by atoms with E-state index in [0.717, 1.165) is 6.08 Å². The number of hydrogen-bond acceptors (Lipinski definition) is 1. The van der Waals surface area contributed by atoms with E-state index < -0.39 is 28.9 Å². The van der Waals surface area contributed by atoms with Gasteiger partial charge in [0.05, 0.1) is 11.1 Å². The van der Waals surface area contributed by atoms with Crippen LogP contribution in [0.25, 0.3) is 0 Å². The standard InChI is InChI=1S/C12H10F4O/c1-7(2)5-11(17)9-6-8(12(14,15)16)3-4-10(9)13/h3-6H,1-2H3. The van der Waals surface area contributed by atoms with Gasteiger partial charge in [0, 0.05) is 0 Å². The van der Waals surface area contributed by atoms with Gasteiger partial charge in [-0.1, -0.05) is 5.57 Å². The molecule has 0 N–H and O–H groups in total. The summed E-state index contributed by atoms with van der Waals surface area (Å²) in [5, 5.41) is 0. The van der Waals surface area contributed by atoms with Crippen LogP contribution in [-0.2, 0) is 6.18 Å². The molecular weight excluding hydrogens is 236 g/mol. The van der Waals surface area contributed by atoms with Crippen LogP contribution in [-0.4, -0.2) is 5.78 Å². The van der Waals surface area contributed by atoms with E-state index in [-0.39, 0.29) is 0 Å². The third-order valence-corrected chi connectivity index (χ3v) is 1.98. The number of halogens is 4. The third kappa shape index (κ3) is 3.41. The number of carbonyl (C=O) groups excluding carboxylic acids is 1. The van der Waals surface area contributed by atoms with Crippen molar-refractivity contribution in [3.05, 3.63) is 46.8 Å². The molecule has 0 aliphatic carbocycles. The number of carbonyl (C=O) groups is 1. The highest BCUT2D eigenvalue weighted by Gasteiger charge is 2.31. The van der Waals surface area contributed by atoms with Gasteiger partial charge in [-0.25, -0.2) is 4.39 Å². The molecule has 17 heavy (non-hydrogen) atoms. The molecule has 0 radical (unpaired) electrons. The smallest absolute Gasteiger partial charge is 0.289 e. The predicted molar refractivity (Wildman–Crippen MR) is 55.2 cm³/mol. The zero-order valence-electron chi connectivity index (χ0n) is 9.23. The molecule has 0 amide bonds. The minimum atomic E-state index is -4.59. The van der Waals surface area contributed by atoms with Crippen LogP contribution in [0.1, 0.15) is 29.8 Å². The lowest BCUT2D eigenvalue weighted by Crippen LogP contribution is -2.08. The van der Waals surface area contributed by atoms with Crippen LogP contribution < -0.4 is 0 Å². The van der Waals surface area contributed by atoms with E-state index in [0.29, 0.717) is 23.8 Å². The second-order valence-electron chi connectivity index (χ2n) is 3.78. The van der Waals surface area contributed by atoms with Gasteiger partial charge >= 0.3 is 6.18 Å². The molecule has 0 aliphatic heterocycles. The quantitative estimate of drug-likeness (QED) is 0.438. The Morgan fingerprint density at radius 1 is 1.24 bits per heavy atom. The van der Waals surface area contributed by atoms with Crippen LogP contribution >= 0.6 is 0 Å². The molecule has 0 heterocycles. The molecule has 0 saturated carbocycles. The molecule has 1 rings (SSSR count). The Morgan fingerprint density at radius 3 is 2.29 bits per heavy atom. The molecule has 0 bridgehead atoms. The molecule has 1 nitrogen and oxygen atoms in total. The minimum Gasteiger partial charge on any atom is -0.289 e. The van der Waals surface area contributed by atoms with Crippen molar-refractivity contribution in [2.45, 2.75) is 20.0 Å². The Labute approximate surface area is 95.8 Å². The molecule has 92 valence electrons. The Morgan fingerprint density at radius 2 is 1.82 bits per heavy atom. The zero-order valence-corrected chi connectivity index (χ0v) is 9.23. The van der Waals surface area contributed by atoms with Crippen LogP contribution in [0, 0.1) is 5.82 Å². The van der Waals surface area contributed by atoms with Gasteiger partial charge in [0.2, 0.25) is 0 Å². The monoisotopic (exact) mass is 246 g/mol. The number of hydrogen-bond donors (Lipinski definition) is 0. The summed E-state index contributed by atoms with van der Waals surface area (Å²) in [5.74, 6) is -1.73. The second-order valence-corrected chi connectivity index (χ2v) is 3.78. The highest BCUT2D eigenvalue weighted by Crippen LogP contribution is 2.30.